The van der Waals surface area contributed by atoms with Gasteiger partial charge in [-0.15, -0.1) is 12.3 Å². The van der Waals surface area contributed by atoms with E-state index in [2.05, 4.69) is 11.2 Å². The summed E-state index contributed by atoms with van der Waals surface area (Å²) in [7, 11) is 0. The van der Waals surface area contributed by atoms with E-state index in [9.17, 15) is 14.4 Å². The Hall–Kier alpha value is -2.03. The lowest BCUT2D eigenvalue weighted by Gasteiger charge is -2.32. The molecule has 0 aromatic heterocycles. The molecule has 2 fully saturated rings. The Morgan fingerprint density at radius 2 is 1.81 bits per heavy atom. The molecule has 6 heteroatoms. The molecule has 2 amide bonds. The van der Waals surface area contributed by atoms with Crippen molar-refractivity contribution in [1.82, 2.24) is 10.2 Å². The van der Waals surface area contributed by atoms with Crippen LogP contribution in [0.5, 0.6) is 0 Å². The first-order valence-corrected chi connectivity index (χ1v) is 7.28. The Morgan fingerprint density at radius 3 is 2.29 bits per heavy atom. The van der Waals surface area contributed by atoms with Crippen LogP contribution in [0.25, 0.3) is 0 Å². The van der Waals surface area contributed by atoms with Crippen molar-refractivity contribution in [3.05, 3.63) is 0 Å². The van der Waals surface area contributed by atoms with Gasteiger partial charge in [-0.25, -0.2) is 4.79 Å². The molecule has 1 saturated carbocycles. The van der Waals surface area contributed by atoms with E-state index in [1.165, 1.54) is 0 Å². The average Bonchev–Trinajstić information content (AvgIpc) is 3.30. The zero-order valence-electron chi connectivity index (χ0n) is 11.9. The van der Waals surface area contributed by atoms with Crippen LogP contribution in [0.15, 0.2) is 0 Å². The Balaban J connectivity index is 1.80. The molecule has 0 aromatic carbocycles. The van der Waals surface area contributed by atoms with Crippen LogP contribution in [0, 0.1) is 24.2 Å². The van der Waals surface area contributed by atoms with Crippen LogP contribution in [0.3, 0.4) is 0 Å². The molecule has 6 nitrogen and oxygen atoms in total. The fourth-order valence-corrected chi connectivity index (χ4v) is 2.56. The van der Waals surface area contributed by atoms with E-state index < -0.39 is 12.0 Å². The van der Waals surface area contributed by atoms with Crippen molar-refractivity contribution in [2.24, 2.45) is 11.8 Å². The predicted octanol–water partition coefficient (Wildman–Crippen LogP) is 0.228. The summed E-state index contributed by atoms with van der Waals surface area (Å²) in [5.41, 5.74) is 0. The summed E-state index contributed by atoms with van der Waals surface area (Å²) in [6, 6.07) is -1.03. The van der Waals surface area contributed by atoms with E-state index >= 15 is 0 Å². The molecule has 114 valence electrons. The summed E-state index contributed by atoms with van der Waals surface area (Å²) in [6.45, 7) is 1.14. The molecule has 1 heterocycles. The van der Waals surface area contributed by atoms with Gasteiger partial charge < -0.3 is 15.3 Å². The van der Waals surface area contributed by atoms with Crippen molar-refractivity contribution in [3.63, 3.8) is 0 Å². The van der Waals surface area contributed by atoms with Crippen molar-refractivity contribution in [2.75, 3.05) is 13.1 Å². The Morgan fingerprint density at radius 1 is 1.19 bits per heavy atom. The molecule has 0 spiro atoms. The van der Waals surface area contributed by atoms with E-state index in [1.807, 2.05) is 4.90 Å². The highest BCUT2D eigenvalue weighted by Gasteiger charge is 2.36. The van der Waals surface area contributed by atoms with E-state index in [-0.39, 0.29) is 30.1 Å². The molecule has 1 atom stereocenters. The maximum absolute atomic E-state index is 12.1. The number of carbonyl (C=O) groups is 3. The number of piperidine rings is 1. The minimum absolute atomic E-state index is 0.0277. The fraction of sp³-hybridized carbons (Fsp3) is 0.667. The van der Waals surface area contributed by atoms with E-state index in [4.69, 9.17) is 11.5 Å². The van der Waals surface area contributed by atoms with Crippen molar-refractivity contribution in [1.29, 1.82) is 0 Å². The zero-order valence-corrected chi connectivity index (χ0v) is 11.9. The largest absolute Gasteiger partial charge is 0.480 e. The monoisotopic (exact) mass is 292 g/mol. The molecule has 1 saturated heterocycles. The quantitative estimate of drug-likeness (QED) is 0.710. The van der Waals surface area contributed by atoms with Crippen LogP contribution < -0.4 is 5.32 Å². The summed E-state index contributed by atoms with van der Waals surface area (Å²) >= 11 is 0. The third kappa shape index (κ3) is 3.97. The van der Waals surface area contributed by atoms with Crippen LogP contribution in [0.4, 0.5) is 0 Å². The first-order chi connectivity index (χ1) is 10.0. The van der Waals surface area contributed by atoms with Crippen LogP contribution in [-0.2, 0) is 14.4 Å². The SMILES string of the molecule is C#CCC(NC(=O)C1CCN(C(=O)C2CC2)CC1)C(=O)O. The van der Waals surface area contributed by atoms with E-state index in [1.54, 1.807) is 0 Å². The topological polar surface area (TPSA) is 86.7 Å². The molecule has 0 bridgehead atoms. The fourth-order valence-electron chi connectivity index (χ4n) is 2.56. The molecule has 1 aliphatic heterocycles. The van der Waals surface area contributed by atoms with Crippen LogP contribution in [0.2, 0.25) is 0 Å². The van der Waals surface area contributed by atoms with Crippen molar-refractivity contribution in [3.8, 4) is 12.3 Å². The number of nitrogens with zero attached hydrogens (tertiary/aromatic N) is 1. The van der Waals surface area contributed by atoms with Crippen molar-refractivity contribution >= 4 is 17.8 Å². The second-order valence-electron chi connectivity index (χ2n) is 5.68. The highest BCUT2D eigenvalue weighted by Crippen LogP contribution is 2.32. The van der Waals surface area contributed by atoms with Gasteiger partial charge in [0.05, 0.1) is 0 Å². The van der Waals surface area contributed by atoms with Gasteiger partial charge in [0.15, 0.2) is 0 Å². The van der Waals surface area contributed by atoms with Gasteiger partial charge in [-0.05, 0) is 25.7 Å². The summed E-state index contributed by atoms with van der Waals surface area (Å²) in [4.78, 5) is 36.8. The van der Waals surface area contributed by atoms with Gasteiger partial charge in [-0.2, -0.15) is 0 Å². The van der Waals surface area contributed by atoms with Gasteiger partial charge in [-0.3, -0.25) is 9.59 Å². The molecule has 1 aliphatic carbocycles. The van der Waals surface area contributed by atoms with Gasteiger partial charge in [0, 0.05) is 31.3 Å². The first kappa shape index (κ1) is 15.4. The van der Waals surface area contributed by atoms with E-state index in [0.29, 0.717) is 25.9 Å². The molecule has 0 aromatic rings. The molecule has 2 N–H and O–H groups in total. The number of likely N-dealkylation sites (tertiary alicyclic amines) is 1. The van der Waals surface area contributed by atoms with E-state index in [0.717, 1.165) is 12.8 Å². The van der Waals surface area contributed by atoms with Crippen LogP contribution in [0.1, 0.15) is 32.1 Å². The number of hydrogen-bond acceptors (Lipinski definition) is 3. The normalized spacial score (nSPS) is 20.4. The average molecular weight is 292 g/mol. The summed E-state index contributed by atoms with van der Waals surface area (Å²) in [5, 5.41) is 11.5. The lowest BCUT2D eigenvalue weighted by atomic mass is 9.95. The number of carboxylic acids is 1. The van der Waals surface area contributed by atoms with Gasteiger partial charge in [0.1, 0.15) is 6.04 Å². The third-order valence-electron chi connectivity index (χ3n) is 4.04. The lowest BCUT2D eigenvalue weighted by molar-refractivity contribution is -0.143. The molecule has 0 radical (unpaired) electrons. The number of amides is 2. The highest BCUT2D eigenvalue weighted by molar-refractivity contribution is 5.86. The standard InChI is InChI=1S/C15H20N2O4/c1-2-3-12(15(20)21)16-13(18)10-6-8-17(9-7-10)14(19)11-4-5-11/h1,10-12H,3-9H2,(H,16,18)(H,20,21). The molecule has 2 rings (SSSR count). The molecular weight excluding hydrogens is 272 g/mol. The number of carboxylic acid groups (broad SMARTS) is 1. The van der Waals surface area contributed by atoms with Crippen molar-refractivity contribution in [2.45, 2.75) is 38.1 Å². The summed E-state index contributed by atoms with van der Waals surface area (Å²) in [6.07, 6.45) is 8.18. The van der Waals surface area contributed by atoms with Crippen LogP contribution in [-0.4, -0.2) is 46.9 Å². The predicted molar refractivity (Wildman–Crippen MR) is 75.0 cm³/mol. The minimum atomic E-state index is -1.12. The van der Waals surface area contributed by atoms with Crippen LogP contribution >= 0.6 is 0 Å². The van der Waals surface area contributed by atoms with Gasteiger partial charge in [0.2, 0.25) is 11.8 Å². The maximum atomic E-state index is 12.1. The van der Waals surface area contributed by atoms with Gasteiger partial charge >= 0.3 is 5.97 Å². The summed E-state index contributed by atoms with van der Waals surface area (Å²) < 4.78 is 0. The van der Waals surface area contributed by atoms with Gasteiger partial charge in [0.25, 0.3) is 0 Å². The number of rotatable bonds is 5. The second-order valence-corrected chi connectivity index (χ2v) is 5.68. The Kier molecular flexibility index (Phi) is 4.84. The zero-order chi connectivity index (χ0) is 15.4. The minimum Gasteiger partial charge on any atom is -0.480 e. The van der Waals surface area contributed by atoms with Gasteiger partial charge in [-0.1, -0.05) is 0 Å². The number of hydrogen-bond donors (Lipinski definition) is 2. The first-order valence-electron chi connectivity index (χ1n) is 7.28. The second kappa shape index (κ2) is 6.61. The third-order valence-corrected chi connectivity index (χ3v) is 4.04. The molecule has 21 heavy (non-hydrogen) atoms. The number of aliphatic carboxylic acids is 1. The number of carbonyl (C=O) groups excluding carboxylic acids is 2. The smallest absolute Gasteiger partial charge is 0.327 e. The molecular formula is C15H20N2O4. The highest BCUT2D eigenvalue weighted by atomic mass is 16.4. The van der Waals surface area contributed by atoms with Crippen molar-refractivity contribution < 1.29 is 19.5 Å². The molecule has 2 aliphatic rings. The number of nitrogens with one attached hydrogen (secondary N) is 1. The maximum Gasteiger partial charge on any atom is 0.327 e. The Labute approximate surface area is 123 Å². The summed E-state index contributed by atoms with van der Waals surface area (Å²) in [5.74, 6) is 0.999. The Bertz CT molecular complexity index is 471. The number of terminal acetylenes is 1. The lowest BCUT2D eigenvalue weighted by Crippen LogP contribution is -2.47. The molecule has 1 unspecified atom stereocenters.